The molecule has 1 aromatic heterocycles. The largest absolute Gasteiger partial charge is 0.479 e. The maximum absolute atomic E-state index is 11.5. The van der Waals surface area contributed by atoms with Crippen molar-refractivity contribution in [3.05, 3.63) is 24.4 Å². The number of aromatic nitrogens is 2. The molecule has 86 heavy (non-hydrogen) atoms. The first-order chi connectivity index (χ1) is 40.4. The van der Waals surface area contributed by atoms with Crippen molar-refractivity contribution in [1.29, 1.82) is 0 Å². The molecule has 3 aliphatic rings. The van der Waals surface area contributed by atoms with Gasteiger partial charge in [-0.15, -0.1) is 11.7 Å². The van der Waals surface area contributed by atoms with Crippen LogP contribution in [0, 0.1) is 17.8 Å². The number of carbonyl (C=O) groups is 4. The molecular weight excluding hydrogens is 1100 g/mol. The molecule has 0 bridgehead atoms. The Kier molecular flexibility index (Phi) is 60.8. The van der Waals surface area contributed by atoms with Crippen molar-refractivity contribution in [1.82, 2.24) is 19.6 Å². The van der Waals surface area contributed by atoms with Gasteiger partial charge in [0.25, 0.3) is 0 Å². The van der Waals surface area contributed by atoms with E-state index in [1.807, 2.05) is 83.1 Å². The SMILES string of the molecule is C=CCOC(C)C.CC(C)CC(=O)OC(C)C.CC(C)OC(=O)C(C)C.CC(C)OC(=O)CCC1CCOCC1.CC(C)OCCCN1CCOCC1.CC(C)OCCN1CCOCC1.CCCOC(C)C.COc1nn(C)cc1C(=O)OC(C)C. The van der Waals surface area contributed by atoms with E-state index < -0.39 is 5.97 Å². The summed E-state index contributed by atoms with van der Waals surface area (Å²) in [5.41, 5.74) is 0.351. The highest BCUT2D eigenvalue weighted by Crippen LogP contribution is 2.20. The van der Waals surface area contributed by atoms with Crippen LogP contribution in [0.4, 0.5) is 0 Å². The molecule has 0 atom stereocenters. The third-order valence-corrected chi connectivity index (χ3v) is 11.1. The number of carbonyl (C=O) groups excluding carboxylic acids is 4. The van der Waals surface area contributed by atoms with Crippen molar-refractivity contribution in [3.8, 4) is 5.88 Å². The van der Waals surface area contributed by atoms with Crippen LogP contribution < -0.4 is 4.74 Å². The van der Waals surface area contributed by atoms with E-state index in [0.29, 0.717) is 61.3 Å². The summed E-state index contributed by atoms with van der Waals surface area (Å²) in [4.78, 5) is 49.1. The molecule has 4 heterocycles. The Morgan fingerprint density at radius 3 is 1.41 bits per heavy atom. The Hall–Kier alpha value is -3.73. The fourth-order valence-corrected chi connectivity index (χ4v) is 7.02. The van der Waals surface area contributed by atoms with E-state index in [2.05, 4.69) is 69.9 Å². The van der Waals surface area contributed by atoms with E-state index >= 15 is 0 Å². The maximum atomic E-state index is 11.5. The zero-order chi connectivity index (χ0) is 66.4. The van der Waals surface area contributed by atoms with Gasteiger partial charge in [0.2, 0.25) is 5.88 Å². The van der Waals surface area contributed by atoms with Crippen LogP contribution in [0.15, 0.2) is 18.9 Å². The van der Waals surface area contributed by atoms with Gasteiger partial charge in [-0.1, -0.05) is 40.7 Å². The Labute approximate surface area is 524 Å². The summed E-state index contributed by atoms with van der Waals surface area (Å²) >= 11 is 0. The molecule has 0 unspecified atom stereocenters. The van der Waals surface area contributed by atoms with Crippen molar-refractivity contribution < 1.29 is 76.0 Å². The van der Waals surface area contributed by atoms with Crippen molar-refractivity contribution in [2.75, 3.05) is 112 Å². The topological polar surface area (TPSA) is 203 Å². The Balaban J connectivity index is -0.000000452. The summed E-state index contributed by atoms with van der Waals surface area (Å²) < 4.78 is 63.3. The Morgan fingerprint density at radius 2 is 1.02 bits per heavy atom. The molecule has 0 aliphatic carbocycles. The van der Waals surface area contributed by atoms with E-state index in [1.54, 1.807) is 33.2 Å². The molecule has 0 aromatic carbocycles. The lowest BCUT2D eigenvalue weighted by Gasteiger charge is -2.26. The number of morpholine rings is 2. The molecule has 4 rings (SSSR count). The monoisotopic (exact) mass is 1230 g/mol. The molecule has 0 N–H and O–H groups in total. The van der Waals surface area contributed by atoms with E-state index in [0.717, 1.165) is 131 Å². The van der Waals surface area contributed by atoms with Crippen LogP contribution in [-0.2, 0) is 73.5 Å². The summed E-state index contributed by atoms with van der Waals surface area (Å²) in [5, 5.41) is 3.95. The molecule has 0 saturated carbocycles. The quantitative estimate of drug-likeness (QED) is 0.0348. The summed E-state index contributed by atoms with van der Waals surface area (Å²) in [7, 11) is 3.18. The average molecular weight is 1240 g/mol. The first-order valence-corrected chi connectivity index (χ1v) is 32.0. The van der Waals surface area contributed by atoms with Gasteiger partial charge in [-0.25, -0.2) is 4.79 Å². The number of nitrogens with zero attached hydrogens (tertiary/aromatic N) is 4. The molecular formula is C66H130N4O16. The van der Waals surface area contributed by atoms with E-state index in [4.69, 9.17) is 56.8 Å². The van der Waals surface area contributed by atoms with Gasteiger partial charge in [0.1, 0.15) is 5.56 Å². The minimum atomic E-state index is -0.412. The number of rotatable bonds is 27. The number of methoxy groups -OCH3 is 1. The lowest BCUT2D eigenvalue weighted by molar-refractivity contribution is -0.151. The fourth-order valence-electron chi connectivity index (χ4n) is 7.02. The molecule has 3 aliphatic heterocycles. The summed E-state index contributed by atoms with van der Waals surface area (Å²) in [6, 6.07) is 0. The van der Waals surface area contributed by atoms with E-state index in [1.165, 1.54) is 11.8 Å². The third kappa shape index (κ3) is 64.7. The van der Waals surface area contributed by atoms with Gasteiger partial charge >= 0.3 is 23.9 Å². The van der Waals surface area contributed by atoms with Crippen molar-refractivity contribution in [2.45, 2.75) is 239 Å². The minimum absolute atomic E-state index is 0.00704. The zero-order valence-corrected chi connectivity index (χ0v) is 58.8. The minimum Gasteiger partial charge on any atom is -0.479 e. The number of esters is 4. The fraction of sp³-hybridized carbons (Fsp3) is 0.864. The predicted molar refractivity (Wildman–Crippen MR) is 345 cm³/mol. The second kappa shape index (κ2) is 58.9. The van der Waals surface area contributed by atoms with Crippen molar-refractivity contribution in [2.24, 2.45) is 24.8 Å². The molecule has 0 radical (unpaired) electrons. The van der Waals surface area contributed by atoms with Gasteiger partial charge in [-0.3, -0.25) is 28.9 Å². The van der Waals surface area contributed by atoms with Crippen molar-refractivity contribution in [3.63, 3.8) is 0 Å². The van der Waals surface area contributed by atoms with Crippen LogP contribution in [0.5, 0.6) is 5.88 Å². The molecule has 20 nitrogen and oxygen atoms in total. The number of hydrogen-bond donors (Lipinski definition) is 0. The highest BCUT2D eigenvalue weighted by molar-refractivity contribution is 5.91. The van der Waals surface area contributed by atoms with Gasteiger partial charge in [-0.2, -0.15) is 0 Å². The molecule has 3 saturated heterocycles. The molecule has 0 amide bonds. The average Bonchev–Trinajstić information content (AvgIpc) is 3.96. The van der Waals surface area contributed by atoms with Gasteiger partial charge in [0.15, 0.2) is 0 Å². The molecule has 510 valence electrons. The Morgan fingerprint density at radius 1 is 0.581 bits per heavy atom. The number of hydrogen-bond acceptors (Lipinski definition) is 19. The maximum Gasteiger partial charge on any atom is 0.345 e. The van der Waals surface area contributed by atoms with Crippen molar-refractivity contribution >= 4 is 23.9 Å². The van der Waals surface area contributed by atoms with Crippen LogP contribution in [0.3, 0.4) is 0 Å². The van der Waals surface area contributed by atoms with Gasteiger partial charge < -0.3 is 56.8 Å². The van der Waals surface area contributed by atoms with Gasteiger partial charge in [-0.05, 0) is 155 Å². The van der Waals surface area contributed by atoms with Crippen LogP contribution in [0.25, 0.3) is 0 Å². The molecule has 0 spiro atoms. The van der Waals surface area contributed by atoms with E-state index in [9.17, 15) is 19.2 Å². The van der Waals surface area contributed by atoms with Gasteiger partial charge in [0, 0.05) is 91.8 Å². The lowest BCUT2D eigenvalue weighted by Crippen LogP contribution is -2.38. The zero-order valence-electron chi connectivity index (χ0n) is 58.8. The second-order valence-electron chi connectivity index (χ2n) is 23.8. The Bertz CT molecular complexity index is 1710. The highest BCUT2D eigenvalue weighted by atomic mass is 16.6. The van der Waals surface area contributed by atoms with Crippen LogP contribution in [0.2, 0.25) is 0 Å². The van der Waals surface area contributed by atoms with Crippen LogP contribution in [0.1, 0.15) is 201 Å². The molecule has 20 heteroatoms. The summed E-state index contributed by atoms with van der Waals surface area (Å²) in [5.74, 6) is 0.645. The smallest absolute Gasteiger partial charge is 0.345 e. The first-order valence-electron chi connectivity index (χ1n) is 32.0. The first kappa shape index (κ1) is 88.7. The predicted octanol–water partition coefficient (Wildman–Crippen LogP) is 12.0. The lowest BCUT2D eigenvalue weighted by atomic mass is 9.95. The summed E-state index contributed by atoms with van der Waals surface area (Å²) in [6.45, 7) is 59.4. The highest BCUT2D eigenvalue weighted by Gasteiger charge is 2.19. The second-order valence-corrected chi connectivity index (χ2v) is 23.8. The van der Waals surface area contributed by atoms with Crippen LogP contribution >= 0.6 is 0 Å². The standard InChI is InChI=1S/C11H20O3.C10H21NO2.C9H14N2O3.C9H19NO2.C8H16O2.C7H14O2.C6H14O.C6H12O/c1-9(2)14-11(12)4-3-10-5-7-13-8-6-10;1-10(2)13-7-3-4-11-5-8-12-9-6-11;1-6(2)14-9(12)7-5-11(3)10-8(7)13-4;1-9(2)12-8-5-10-3-6-11-7-4-10;1-6(2)5-8(9)10-7(3)4;1-5(2)7(8)9-6(3)4;2*1-4-5-7-6(2)3/h9-10H,3-8H2,1-2H3;10H,3-9H2,1-2H3;5-6H,1-4H3;9H,3-8H2,1-2H3;6-7H,5H2,1-4H3;5-6H,1-4H3;6H,4-5H2,1-3H3;4,6H,1,5H2,2-3H3. The summed E-state index contributed by atoms with van der Waals surface area (Å²) in [6.07, 6.45) is 11.2. The van der Waals surface area contributed by atoms with E-state index in [-0.39, 0.29) is 54.1 Å². The third-order valence-electron chi connectivity index (χ3n) is 11.1. The molecule has 3 fully saturated rings. The number of ether oxygens (including phenoxy) is 12. The van der Waals surface area contributed by atoms with Crippen LogP contribution in [-0.4, -0.2) is 205 Å². The number of aryl methyl sites for hydroxylation is 1. The molecule has 1 aromatic rings. The van der Waals surface area contributed by atoms with Gasteiger partial charge in [0.05, 0.1) is 102 Å². The normalized spacial score (nSPS) is 14.4.